The fraction of sp³-hybridized carbons (Fsp3) is 0.118. The number of benzene rings is 2. The predicted molar refractivity (Wildman–Crippen MR) is 99.5 cm³/mol. The van der Waals surface area contributed by atoms with Crippen molar-refractivity contribution in [2.75, 3.05) is 11.9 Å². The van der Waals surface area contributed by atoms with E-state index in [-0.39, 0.29) is 18.4 Å². The van der Waals surface area contributed by atoms with Crippen LogP contribution in [0.2, 0.25) is 0 Å². The molecule has 2 amide bonds. The van der Waals surface area contributed by atoms with Crippen LogP contribution >= 0.6 is 27.3 Å². The van der Waals surface area contributed by atoms with Gasteiger partial charge in [0, 0.05) is 15.7 Å². The van der Waals surface area contributed by atoms with Crippen molar-refractivity contribution < 1.29 is 9.59 Å². The lowest BCUT2D eigenvalue weighted by Crippen LogP contribution is -2.32. The molecule has 1 heterocycles. The Balaban J connectivity index is 1.60. The number of aromatic nitrogens is 1. The summed E-state index contributed by atoms with van der Waals surface area (Å²) in [4.78, 5) is 28.4. The Kier molecular flexibility index (Phi) is 4.92. The minimum Gasteiger partial charge on any atom is -0.343 e. The van der Waals surface area contributed by atoms with E-state index in [4.69, 9.17) is 0 Å². The number of hydrogen-bond donors (Lipinski definition) is 2. The van der Waals surface area contributed by atoms with Gasteiger partial charge in [-0.15, -0.1) is 11.3 Å². The third kappa shape index (κ3) is 3.80. The molecule has 0 unspecified atom stereocenters. The first-order chi connectivity index (χ1) is 11.5. The fourth-order valence-electron chi connectivity index (χ4n) is 2.22. The van der Waals surface area contributed by atoms with Crippen LogP contribution in [0.15, 0.2) is 46.4 Å². The van der Waals surface area contributed by atoms with Gasteiger partial charge in [0.05, 0.1) is 22.3 Å². The molecule has 24 heavy (non-hydrogen) atoms. The summed E-state index contributed by atoms with van der Waals surface area (Å²) < 4.78 is 1.89. The summed E-state index contributed by atoms with van der Waals surface area (Å²) in [7, 11) is 0. The summed E-state index contributed by atoms with van der Waals surface area (Å²) in [6.45, 7) is 1.82. The summed E-state index contributed by atoms with van der Waals surface area (Å²) in [5.41, 5.74) is 4.78. The van der Waals surface area contributed by atoms with E-state index in [1.807, 2.05) is 25.1 Å². The van der Waals surface area contributed by atoms with Gasteiger partial charge in [-0.3, -0.25) is 9.59 Å². The highest BCUT2D eigenvalue weighted by molar-refractivity contribution is 9.10. The first kappa shape index (κ1) is 16.6. The Morgan fingerprint density at radius 3 is 2.83 bits per heavy atom. The van der Waals surface area contributed by atoms with Crippen LogP contribution in [0, 0.1) is 6.92 Å². The van der Waals surface area contributed by atoms with E-state index in [0.717, 1.165) is 25.9 Å². The molecule has 0 aliphatic carbocycles. The van der Waals surface area contributed by atoms with Crippen molar-refractivity contribution in [2.45, 2.75) is 6.92 Å². The SMILES string of the molecule is Cc1cc(Br)ccc1NC(=O)CNC(=O)c1ccc2ncsc2c1. The lowest BCUT2D eigenvalue weighted by Gasteiger charge is -2.09. The Labute approximate surface area is 151 Å². The molecule has 7 heteroatoms. The van der Waals surface area contributed by atoms with Crippen LogP contribution < -0.4 is 10.6 Å². The van der Waals surface area contributed by atoms with E-state index in [1.54, 1.807) is 23.7 Å². The van der Waals surface area contributed by atoms with Gasteiger partial charge in [-0.25, -0.2) is 4.98 Å². The first-order valence-corrected chi connectivity index (χ1v) is 8.87. The minimum atomic E-state index is -0.284. The van der Waals surface area contributed by atoms with Crippen LogP contribution in [-0.4, -0.2) is 23.3 Å². The quantitative estimate of drug-likeness (QED) is 0.696. The van der Waals surface area contributed by atoms with Crippen LogP contribution in [0.5, 0.6) is 0 Å². The maximum absolute atomic E-state index is 12.2. The molecule has 0 radical (unpaired) electrons. The zero-order valence-electron chi connectivity index (χ0n) is 12.8. The molecule has 0 aliphatic heterocycles. The number of anilines is 1. The van der Waals surface area contributed by atoms with Crippen molar-refractivity contribution in [3.63, 3.8) is 0 Å². The van der Waals surface area contributed by atoms with Gasteiger partial charge in [0.2, 0.25) is 5.91 Å². The molecule has 2 N–H and O–H groups in total. The van der Waals surface area contributed by atoms with Gasteiger partial charge in [0.15, 0.2) is 0 Å². The zero-order chi connectivity index (χ0) is 17.1. The number of aryl methyl sites for hydroxylation is 1. The molecule has 3 aromatic rings. The highest BCUT2D eigenvalue weighted by Crippen LogP contribution is 2.20. The van der Waals surface area contributed by atoms with Crippen molar-refractivity contribution in [3.05, 3.63) is 57.5 Å². The van der Waals surface area contributed by atoms with Gasteiger partial charge in [-0.05, 0) is 48.9 Å². The molecule has 0 saturated carbocycles. The molecule has 0 atom stereocenters. The van der Waals surface area contributed by atoms with Gasteiger partial charge in [-0.2, -0.15) is 0 Å². The average molecular weight is 404 g/mol. The summed E-state index contributed by atoms with van der Waals surface area (Å²) in [6, 6.07) is 10.9. The highest BCUT2D eigenvalue weighted by atomic mass is 79.9. The summed E-state index contributed by atoms with van der Waals surface area (Å²) in [6.07, 6.45) is 0. The van der Waals surface area contributed by atoms with E-state index < -0.39 is 0 Å². The van der Waals surface area contributed by atoms with Crippen molar-refractivity contribution in [3.8, 4) is 0 Å². The second-order valence-corrected chi connectivity index (χ2v) is 7.03. The van der Waals surface area contributed by atoms with Gasteiger partial charge < -0.3 is 10.6 Å². The number of rotatable bonds is 4. The normalized spacial score (nSPS) is 10.6. The molecule has 5 nitrogen and oxygen atoms in total. The third-order valence-electron chi connectivity index (χ3n) is 3.47. The third-order valence-corrected chi connectivity index (χ3v) is 4.75. The number of thiazole rings is 1. The lowest BCUT2D eigenvalue weighted by atomic mass is 10.2. The van der Waals surface area contributed by atoms with Gasteiger partial charge >= 0.3 is 0 Å². The summed E-state index contributed by atoms with van der Waals surface area (Å²) >= 11 is 4.85. The Bertz CT molecular complexity index is 923. The number of amides is 2. The van der Waals surface area contributed by atoms with Crippen molar-refractivity contribution >= 4 is 55.0 Å². The second-order valence-electron chi connectivity index (χ2n) is 5.22. The van der Waals surface area contributed by atoms with E-state index >= 15 is 0 Å². The number of carbonyl (C=O) groups excluding carboxylic acids is 2. The largest absolute Gasteiger partial charge is 0.343 e. The van der Waals surface area contributed by atoms with E-state index in [1.165, 1.54) is 11.3 Å². The maximum Gasteiger partial charge on any atom is 0.251 e. The van der Waals surface area contributed by atoms with Crippen molar-refractivity contribution in [1.29, 1.82) is 0 Å². The number of halogens is 1. The standard InChI is InChI=1S/C17H14BrN3O2S/c1-10-6-12(18)3-5-13(10)21-16(22)8-19-17(23)11-2-4-14-15(7-11)24-9-20-14/h2-7,9H,8H2,1H3,(H,19,23)(H,21,22). The van der Waals surface area contributed by atoms with E-state index in [0.29, 0.717) is 5.56 Å². The van der Waals surface area contributed by atoms with E-state index in [2.05, 4.69) is 31.5 Å². The maximum atomic E-state index is 12.2. The van der Waals surface area contributed by atoms with Crippen molar-refractivity contribution in [1.82, 2.24) is 10.3 Å². The van der Waals surface area contributed by atoms with Crippen LogP contribution in [0.4, 0.5) is 5.69 Å². The molecular weight excluding hydrogens is 390 g/mol. The molecule has 3 rings (SSSR count). The predicted octanol–water partition coefficient (Wildman–Crippen LogP) is 3.74. The molecule has 0 fully saturated rings. The van der Waals surface area contributed by atoms with Crippen LogP contribution in [0.25, 0.3) is 10.2 Å². The molecule has 2 aromatic carbocycles. The first-order valence-electron chi connectivity index (χ1n) is 7.20. The molecule has 0 bridgehead atoms. The molecule has 0 aliphatic rings. The number of carbonyl (C=O) groups is 2. The Morgan fingerprint density at radius 1 is 1.21 bits per heavy atom. The number of nitrogens with zero attached hydrogens (tertiary/aromatic N) is 1. The highest BCUT2D eigenvalue weighted by Gasteiger charge is 2.10. The van der Waals surface area contributed by atoms with Crippen molar-refractivity contribution in [2.24, 2.45) is 0 Å². The topological polar surface area (TPSA) is 71.1 Å². The van der Waals surface area contributed by atoms with E-state index in [9.17, 15) is 9.59 Å². The lowest BCUT2D eigenvalue weighted by molar-refractivity contribution is -0.115. The van der Waals surface area contributed by atoms with Gasteiger partial charge in [-0.1, -0.05) is 15.9 Å². The van der Waals surface area contributed by atoms with Gasteiger partial charge in [0.1, 0.15) is 0 Å². The number of fused-ring (bicyclic) bond motifs is 1. The molecule has 1 aromatic heterocycles. The summed E-state index contributed by atoms with van der Waals surface area (Å²) in [5.74, 6) is -0.555. The van der Waals surface area contributed by atoms with Crippen LogP contribution in [0.3, 0.4) is 0 Å². The molecular formula is C17H14BrN3O2S. The smallest absolute Gasteiger partial charge is 0.251 e. The van der Waals surface area contributed by atoms with Gasteiger partial charge in [0.25, 0.3) is 5.91 Å². The average Bonchev–Trinajstić information content (AvgIpc) is 3.03. The number of nitrogens with one attached hydrogen (secondary N) is 2. The van der Waals surface area contributed by atoms with Crippen LogP contribution in [-0.2, 0) is 4.79 Å². The minimum absolute atomic E-state index is 0.0882. The Morgan fingerprint density at radius 2 is 2.04 bits per heavy atom. The monoisotopic (exact) mass is 403 g/mol. The number of hydrogen-bond acceptors (Lipinski definition) is 4. The molecule has 0 spiro atoms. The fourth-order valence-corrected chi connectivity index (χ4v) is 3.41. The molecule has 0 saturated heterocycles. The Hall–Kier alpha value is -2.25. The zero-order valence-corrected chi connectivity index (χ0v) is 15.2. The summed E-state index contributed by atoms with van der Waals surface area (Å²) in [5, 5.41) is 5.42. The van der Waals surface area contributed by atoms with Crippen LogP contribution in [0.1, 0.15) is 15.9 Å². The molecule has 122 valence electrons. The second kappa shape index (κ2) is 7.11.